The molecule has 1 rings (SSSR count). The molecule has 0 aliphatic heterocycles. The Hall–Kier alpha value is -0.550. The number of ether oxygens (including phenoxy) is 1. The Morgan fingerprint density at radius 3 is 3.00 bits per heavy atom. The lowest BCUT2D eigenvalue weighted by atomic mass is 10.3. The zero-order valence-electron chi connectivity index (χ0n) is 9.86. The summed E-state index contributed by atoms with van der Waals surface area (Å²) in [4.78, 5) is 16.6. The van der Waals surface area contributed by atoms with Crippen molar-refractivity contribution < 1.29 is 9.53 Å². The summed E-state index contributed by atoms with van der Waals surface area (Å²) in [5.74, 6) is 0.898. The minimum atomic E-state index is -0.131. The molecule has 0 radical (unpaired) electrons. The molecule has 3 nitrogen and oxygen atoms in total. The Kier molecular flexibility index (Phi) is 5.84. The number of carbonyl (C=O) groups is 1. The molecule has 0 spiro atoms. The van der Waals surface area contributed by atoms with E-state index in [0.29, 0.717) is 11.7 Å². The van der Waals surface area contributed by atoms with Gasteiger partial charge in [-0.2, -0.15) is 11.8 Å². The number of methoxy groups -OCH3 is 1. The van der Waals surface area contributed by atoms with Crippen LogP contribution in [0.15, 0.2) is 5.51 Å². The van der Waals surface area contributed by atoms with Crippen molar-refractivity contribution in [2.45, 2.75) is 31.9 Å². The highest BCUT2D eigenvalue weighted by molar-refractivity contribution is 7.99. The van der Waals surface area contributed by atoms with Gasteiger partial charge in [-0.05, 0) is 19.1 Å². The summed E-state index contributed by atoms with van der Waals surface area (Å²) in [7, 11) is 1.43. The standard InChI is InChI=1S/C11H17NO2S2/c1-8(6-11(13)14-3)15-5-4-10-9(2)12-7-16-10/h7-8H,4-6H2,1-3H3. The number of carbonyl (C=O) groups excluding carboxylic acids is 1. The summed E-state index contributed by atoms with van der Waals surface area (Å²) in [5.41, 5.74) is 3.01. The number of aryl methyl sites for hydroxylation is 2. The van der Waals surface area contributed by atoms with Gasteiger partial charge in [-0.25, -0.2) is 4.98 Å². The van der Waals surface area contributed by atoms with E-state index in [-0.39, 0.29) is 5.97 Å². The van der Waals surface area contributed by atoms with Gasteiger partial charge in [0.25, 0.3) is 0 Å². The topological polar surface area (TPSA) is 39.2 Å². The first kappa shape index (κ1) is 13.5. The van der Waals surface area contributed by atoms with Crippen molar-refractivity contribution in [2.75, 3.05) is 12.9 Å². The smallest absolute Gasteiger partial charge is 0.306 e. The number of aromatic nitrogens is 1. The van der Waals surface area contributed by atoms with Crippen LogP contribution in [-0.2, 0) is 16.0 Å². The molecule has 16 heavy (non-hydrogen) atoms. The van der Waals surface area contributed by atoms with E-state index >= 15 is 0 Å². The van der Waals surface area contributed by atoms with Gasteiger partial charge in [0, 0.05) is 10.1 Å². The van der Waals surface area contributed by atoms with Gasteiger partial charge in [0.2, 0.25) is 0 Å². The maximum Gasteiger partial charge on any atom is 0.306 e. The van der Waals surface area contributed by atoms with E-state index < -0.39 is 0 Å². The van der Waals surface area contributed by atoms with E-state index in [4.69, 9.17) is 0 Å². The fraction of sp³-hybridized carbons (Fsp3) is 0.636. The molecule has 1 aromatic rings. The van der Waals surface area contributed by atoms with Gasteiger partial charge in [0.15, 0.2) is 0 Å². The van der Waals surface area contributed by atoms with Crippen molar-refractivity contribution in [1.82, 2.24) is 4.98 Å². The molecule has 1 unspecified atom stereocenters. The number of hydrogen-bond acceptors (Lipinski definition) is 5. The first-order valence-corrected chi connectivity index (χ1v) is 7.13. The van der Waals surface area contributed by atoms with Crippen molar-refractivity contribution in [3.8, 4) is 0 Å². The van der Waals surface area contributed by atoms with Crippen LogP contribution in [0.4, 0.5) is 0 Å². The number of thiazole rings is 1. The van der Waals surface area contributed by atoms with Crippen LogP contribution in [0.5, 0.6) is 0 Å². The van der Waals surface area contributed by atoms with E-state index in [1.807, 2.05) is 12.4 Å². The van der Waals surface area contributed by atoms with E-state index in [0.717, 1.165) is 17.9 Å². The van der Waals surface area contributed by atoms with Gasteiger partial charge < -0.3 is 4.74 Å². The van der Waals surface area contributed by atoms with Crippen LogP contribution in [0.1, 0.15) is 23.9 Å². The van der Waals surface area contributed by atoms with Crippen molar-refractivity contribution in [2.24, 2.45) is 0 Å². The second-order valence-electron chi connectivity index (χ2n) is 3.57. The Bertz CT molecular complexity index is 338. The zero-order chi connectivity index (χ0) is 12.0. The number of thioether (sulfide) groups is 1. The second-order valence-corrected chi connectivity index (χ2v) is 6.06. The predicted octanol–water partition coefficient (Wildman–Crippen LogP) is 2.68. The summed E-state index contributed by atoms with van der Waals surface area (Å²) < 4.78 is 4.63. The minimum Gasteiger partial charge on any atom is -0.469 e. The summed E-state index contributed by atoms with van der Waals surface area (Å²) in [6, 6.07) is 0. The highest BCUT2D eigenvalue weighted by atomic mass is 32.2. The second kappa shape index (κ2) is 6.91. The largest absolute Gasteiger partial charge is 0.469 e. The maximum atomic E-state index is 11.0. The quantitative estimate of drug-likeness (QED) is 0.736. The van der Waals surface area contributed by atoms with Crippen molar-refractivity contribution in [3.05, 3.63) is 16.1 Å². The van der Waals surface area contributed by atoms with Crippen LogP contribution in [-0.4, -0.2) is 29.1 Å². The van der Waals surface area contributed by atoms with Gasteiger partial charge in [-0.1, -0.05) is 6.92 Å². The third-order valence-electron chi connectivity index (χ3n) is 2.26. The Morgan fingerprint density at radius 1 is 1.69 bits per heavy atom. The summed E-state index contributed by atoms with van der Waals surface area (Å²) >= 11 is 3.51. The van der Waals surface area contributed by atoms with Gasteiger partial charge in [-0.3, -0.25) is 4.79 Å². The van der Waals surface area contributed by atoms with Crippen LogP contribution < -0.4 is 0 Å². The van der Waals surface area contributed by atoms with Crippen molar-refractivity contribution >= 4 is 29.1 Å². The molecule has 1 heterocycles. The first-order valence-electron chi connectivity index (χ1n) is 5.21. The van der Waals surface area contributed by atoms with Crippen LogP contribution in [0.2, 0.25) is 0 Å². The van der Waals surface area contributed by atoms with Crippen LogP contribution in [0.25, 0.3) is 0 Å². The molecule has 5 heteroatoms. The Morgan fingerprint density at radius 2 is 2.44 bits per heavy atom. The maximum absolute atomic E-state index is 11.0. The lowest BCUT2D eigenvalue weighted by Gasteiger charge is -2.08. The zero-order valence-corrected chi connectivity index (χ0v) is 11.5. The predicted molar refractivity (Wildman–Crippen MR) is 69.1 cm³/mol. The molecule has 90 valence electrons. The molecule has 1 aromatic heterocycles. The van der Waals surface area contributed by atoms with Gasteiger partial charge in [-0.15, -0.1) is 11.3 Å². The fourth-order valence-corrected chi connectivity index (χ4v) is 3.18. The first-order chi connectivity index (χ1) is 7.63. The molecule has 0 aromatic carbocycles. The molecule has 0 amide bonds. The van der Waals surface area contributed by atoms with Crippen molar-refractivity contribution in [1.29, 1.82) is 0 Å². The van der Waals surface area contributed by atoms with Gasteiger partial charge >= 0.3 is 5.97 Å². The lowest BCUT2D eigenvalue weighted by Crippen LogP contribution is -2.09. The third-order valence-corrected chi connectivity index (χ3v) is 4.43. The van der Waals surface area contributed by atoms with E-state index in [9.17, 15) is 4.79 Å². The van der Waals surface area contributed by atoms with E-state index in [1.54, 1.807) is 23.1 Å². The summed E-state index contributed by atoms with van der Waals surface area (Å²) in [5, 5.41) is 0.320. The molecular weight excluding hydrogens is 242 g/mol. The monoisotopic (exact) mass is 259 g/mol. The number of hydrogen-bond donors (Lipinski definition) is 0. The molecule has 1 atom stereocenters. The van der Waals surface area contributed by atoms with Crippen molar-refractivity contribution in [3.63, 3.8) is 0 Å². The third kappa shape index (κ3) is 4.53. The number of esters is 1. The average Bonchev–Trinajstić information content (AvgIpc) is 2.64. The molecule has 0 bridgehead atoms. The molecule has 0 fully saturated rings. The van der Waals surface area contributed by atoms with E-state index in [1.165, 1.54) is 12.0 Å². The normalized spacial score (nSPS) is 12.4. The van der Waals surface area contributed by atoms with Crippen LogP contribution in [0, 0.1) is 6.92 Å². The summed E-state index contributed by atoms with van der Waals surface area (Å²) in [6.45, 7) is 4.09. The van der Waals surface area contributed by atoms with Crippen LogP contribution >= 0.6 is 23.1 Å². The average molecular weight is 259 g/mol. The van der Waals surface area contributed by atoms with Gasteiger partial charge in [0.05, 0.1) is 24.7 Å². The highest BCUT2D eigenvalue weighted by Crippen LogP contribution is 2.19. The Balaban J connectivity index is 2.20. The molecule has 0 saturated heterocycles. The molecule has 0 aliphatic rings. The summed E-state index contributed by atoms with van der Waals surface area (Å²) in [6.07, 6.45) is 1.52. The van der Waals surface area contributed by atoms with E-state index in [2.05, 4.69) is 16.6 Å². The fourth-order valence-electron chi connectivity index (χ4n) is 1.30. The highest BCUT2D eigenvalue weighted by Gasteiger charge is 2.10. The molecule has 0 aliphatic carbocycles. The number of nitrogens with zero attached hydrogens (tertiary/aromatic N) is 1. The molecular formula is C11H17NO2S2. The SMILES string of the molecule is COC(=O)CC(C)SCCc1scnc1C. The van der Waals surface area contributed by atoms with Crippen LogP contribution in [0.3, 0.4) is 0 Å². The Labute approximate surface area is 105 Å². The number of rotatable bonds is 6. The van der Waals surface area contributed by atoms with Gasteiger partial charge in [0.1, 0.15) is 0 Å². The molecule has 0 N–H and O–H groups in total. The minimum absolute atomic E-state index is 0.131. The lowest BCUT2D eigenvalue weighted by molar-refractivity contribution is -0.140. The molecule has 0 saturated carbocycles.